The lowest BCUT2D eigenvalue weighted by atomic mass is 10.2. The molecule has 0 bridgehead atoms. The molecule has 1 amide bonds. The predicted octanol–water partition coefficient (Wildman–Crippen LogP) is 2.79. The molecule has 2 aromatic rings. The van der Waals surface area contributed by atoms with E-state index in [1.54, 1.807) is 32.0 Å². The Labute approximate surface area is 152 Å². The van der Waals surface area contributed by atoms with Crippen molar-refractivity contribution in [2.75, 3.05) is 25.5 Å². The second-order valence-corrected chi connectivity index (χ2v) is 7.52. The summed E-state index contributed by atoms with van der Waals surface area (Å²) in [5.74, 6) is -1.03. The fourth-order valence-electron chi connectivity index (χ4n) is 2.40. The van der Waals surface area contributed by atoms with Gasteiger partial charge in [-0.05, 0) is 36.8 Å². The van der Waals surface area contributed by atoms with Crippen LogP contribution in [-0.2, 0) is 14.8 Å². The van der Waals surface area contributed by atoms with Gasteiger partial charge in [0.05, 0.1) is 19.3 Å². The number of sulfonamides is 1. The quantitative estimate of drug-likeness (QED) is 0.801. The van der Waals surface area contributed by atoms with Crippen molar-refractivity contribution in [1.29, 1.82) is 0 Å². The fraction of sp³-hybridized carbons (Fsp3) is 0.278. The summed E-state index contributed by atoms with van der Waals surface area (Å²) in [6, 6.07) is 10.5. The van der Waals surface area contributed by atoms with Gasteiger partial charge >= 0.3 is 0 Å². The maximum Gasteiger partial charge on any atom is 0.247 e. The number of carbonyl (C=O) groups excluding carboxylic acids is 1. The molecule has 0 saturated heterocycles. The number of carbonyl (C=O) groups is 1. The number of nitrogens with zero attached hydrogens (tertiary/aromatic N) is 1. The summed E-state index contributed by atoms with van der Waals surface area (Å²) in [6.45, 7) is 3.02. The van der Waals surface area contributed by atoms with Crippen molar-refractivity contribution in [2.24, 2.45) is 0 Å². The van der Waals surface area contributed by atoms with Crippen molar-refractivity contribution in [1.82, 2.24) is 4.31 Å². The summed E-state index contributed by atoms with van der Waals surface area (Å²) in [7, 11) is -2.58. The van der Waals surface area contributed by atoms with E-state index in [2.05, 4.69) is 5.32 Å². The molecule has 2 aromatic carbocycles. The van der Waals surface area contributed by atoms with Crippen LogP contribution in [0.4, 0.5) is 10.1 Å². The van der Waals surface area contributed by atoms with Crippen molar-refractivity contribution in [3.05, 3.63) is 53.8 Å². The number of rotatable bonds is 7. The first-order chi connectivity index (χ1) is 12.3. The minimum atomic E-state index is -3.96. The van der Waals surface area contributed by atoms with Crippen LogP contribution in [0.15, 0.2) is 47.4 Å². The van der Waals surface area contributed by atoms with Crippen LogP contribution in [0, 0.1) is 12.7 Å². The molecule has 26 heavy (non-hydrogen) atoms. The van der Waals surface area contributed by atoms with E-state index in [0.717, 1.165) is 9.87 Å². The van der Waals surface area contributed by atoms with Gasteiger partial charge in [0.2, 0.25) is 15.9 Å². The van der Waals surface area contributed by atoms with Crippen LogP contribution in [0.25, 0.3) is 0 Å². The summed E-state index contributed by atoms with van der Waals surface area (Å²) in [5.41, 5.74) is 0.746. The zero-order valence-electron chi connectivity index (χ0n) is 14.8. The Bertz CT molecular complexity index is 900. The largest absolute Gasteiger partial charge is 0.495 e. The Balaban J connectivity index is 2.26. The van der Waals surface area contributed by atoms with Crippen LogP contribution >= 0.6 is 0 Å². The highest BCUT2D eigenvalue weighted by Crippen LogP contribution is 2.27. The van der Waals surface area contributed by atoms with Gasteiger partial charge in [-0.2, -0.15) is 4.31 Å². The molecule has 6 nitrogen and oxygen atoms in total. The second kappa shape index (κ2) is 8.29. The Morgan fingerprint density at radius 3 is 2.54 bits per heavy atom. The molecule has 1 N–H and O–H groups in total. The molecule has 0 heterocycles. The van der Waals surface area contributed by atoms with Crippen LogP contribution in [0.2, 0.25) is 0 Å². The zero-order chi connectivity index (χ0) is 19.3. The highest BCUT2D eigenvalue weighted by atomic mass is 32.2. The molecular weight excluding hydrogens is 359 g/mol. The first kappa shape index (κ1) is 19.9. The van der Waals surface area contributed by atoms with E-state index >= 15 is 0 Å². The Morgan fingerprint density at radius 1 is 1.23 bits per heavy atom. The maximum absolute atomic E-state index is 13.6. The molecule has 140 valence electrons. The van der Waals surface area contributed by atoms with Gasteiger partial charge in [-0.3, -0.25) is 4.79 Å². The number of benzene rings is 2. The van der Waals surface area contributed by atoms with Gasteiger partial charge in [-0.1, -0.05) is 25.1 Å². The minimum Gasteiger partial charge on any atom is -0.495 e. The lowest BCUT2D eigenvalue weighted by Gasteiger charge is -2.21. The third kappa shape index (κ3) is 4.39. The summed E-state index contributed by atoms with van der Waals surface area (Å²) in [6.07, 6.45) is 0. The Hall–Kier alpha value is -2.45. The third-order valence-corrected chi connectivity index (χ3v) is 5.70. The second-order valence-electron chi connectivity index (χ2n) is 5.61. The van der Waals surface area contributed by atoms with Crippen molar-refractivity contribution >= 4 is 21.6 Å². The van der Waals surface area contributed by atoms with Gasteiger partial charge in [-0.15, -0.1) is 0 Å². The molecule has 2 rings (SSSR count). The Kier molecular flexibility index (Phi) is 6.33. The molecule has 0 fully saturated rings. The van der Waals surface area contributed by atoms with E-state index in [-0.39, 0.29) is 22.9 Å². The maximum atomic E-state index is 13.6. The number of methoxy groups -OCH3 is 1. The van der Waals surface area contributed by atoms with Crippen LogP contribution in [0.3, 0.4) is 0 Å². The number of aryl methyl sites for hydroxylation is 1. The molecular formula is C18H21FN2O4S. The van der Waals surface area contributed by atoms with Crippen LogP contribution in [-0.4, -0.2) is 38.8 Å². The normalized spacial score (nSPS) is 11.4. The van der Waals surface area contributed by atoms with E-state index in [9.17, 15) is 17.6 Å². The lowest BCUT2D eigenvalue weighted by molar-refractivity contribution is -0.116. The van der Waals surface area contributed by atoms with Crippen molar-refractivity contribution < 1.29 is 22.3 Å². The topological polar surface area (TPSA) is 75.7 Å². The number of likely N-dealkylation sites (N-methyl/N-ethyl adjacent to an activating group) is 1. The summed E-state index contributed by atoms with van der Waals surface area (Å²) < 4.78 is 45.7. The summed E-state index contributed by atoms with van der Waals surface area (Å²) >= 11 is 0. The smallest absolute Gasteiger partial charge is 0.247 e. The van der Waals surface area contributed by atoms with Gasteiger partial charge in [0.15, 0.2) is 0 Å². The van der Waals surface area contributed by atoms with E-state index in [0.29, 0.717) is 0 Å². The van der Waals surface area contributed by atoms with E-state index in [4.69, 9.17) is 4.74 Å². The molecule has 0 spiro atoms. The Morgan fingerprint density at radius 2 is 1.92 bits per heavy atom. The predicted molar refractivity (Wildman–Crippen MR) is 97.2 cm³/mol. The highest BCUT2D eigenvalue weighted by Gasteiger charge is 2.28. The molecule has 0 aliphatic heterocycles. The van der Waals surface area contributed by atoms with Gasteiger partial charge in [0.25, 0.3) is 0 Å². The van der Waals surface area contributed by atoms with Gasteiger partial charge in [-0.25, -0.2) is 12.8 Å². The number of hydrogen-bond donors (Lipinski definition) is 1. The lowest BCUT2D eigenvalue weighted by Crippen LogP contribution is -2.38. The number of amides is 1. The third-order valence-electron chi connectivity index (χ3n) is 3.76. The summed E-state index contributed by atoms with van der Waals surface area (Å²) in [5, 5.41) is 2.39. The van der Waals surface area contributed by atoms with Crippen LogP contribution in [0.1, 0.15) is 12.5 Å². The number of ether oxygens (including phenoxy) is 1. The molecule has 0 aromatic heterocycles. The van der Waals surface area contributed by atoms with Gasteiger partial charge in [0, 0.05) is 6.54 Å². The van der Waals surface area contributed by atoms with E-state index in [1.807, 2.05) is 0 Å². The van der Waals surface area contributed by atoms with Crippen molar-refractivity contribution in [2.45, 2.75) is 18.7 Å². The number of para-hydroxylation sites is 1. The van der Waals surface area contributed by atoms with Crippen molar-refractivity contribution in [3.8, 4) is 5.75 Å². The zero-order valence-corrected chi connectivity index (χ0v) is 15.6. The van der Waals surface area contributed by atoms with Gasteiger partial charge < -0.3 is 10.1 Å². The number of anilines is 1. The van der Waals surface area contributed by atoms with E-state index in [1.165, 1.54) is 31.4 Å². The van der Waals surface area contributed by atoms with Crippen LogP contribution in [0.5, 0.6) is 5.75 Å². The molecule has 0 radical (unpaired) electrons. The number of halogens is 1. The molecule has 0 aliphatic carbocycles. The van der Waals surface area contributed by atoms with Gasteiger partial charge in [0.1, 0.15) is 16.5 Å². The first-order valence-corrected chi connectivity index (χ1v) is 9.42. The minimum absolute atomic E-state index is 0.000845. The molecule has 8 heteroatoms. The van der Waals surface area contributed by atoms with E-state index < -0.39 is 28.3 Å². The average Bonchev–Trinajstić information content (AvgIpc) is 2.61. The molecule has 0 aliphatic rings. The molecule has 0 unspecified atom stereocenters. The van der Waals surface area contributed by atoms with Crippen LogP contribution < -0.4 is 10.1 Å². The summed E-state index contributed by atoms with van der Waals surface area (Å²) in [4.78, 5) is 12.2. The SMILES string of the molecule is CCN(CC(=O)Nc1ccccc1F)S(=O)(=O)c1cc(C)ccc1OC. The number of hydrogen-bond acceptors (Lipinski definition) is 4. The first-order valence-electron chi connectivity index (χ1n) is 7.98. The molecule has 0 atom stereocenters. The number of nitrogens with one attached hydrogen (secondary N) is 1. The molecule has 0 saturated carbocycles. The standard InChI is InChI=1S/C18H21FN2O4S/c1-4-21(12-18(22)20-15-8-6-5-7-14(15)19)26(23,24)17-11-13(2)9-10-16(17)25-3/h5-11H,4,12H2,1-3H3,(H,20,22). The van der Waals surface area contributed by atoms with Crippen molar-refractivity contribution in [3.63, 3.8) is 0 Å². The monoisotopic (exact) mass is 380 g/mol. The fourth-order valence-corrected chi connectivity index (χ4v) is 4.05. The average molecular weight is 380 g/mol. The highest BCUT2D eigenvalue weighted by molar-refractivity contribution is 7.89.